The van der Waals surface area contributed by atoms with Gasteiger partial charge >= 0.3 is 0 Å². The number of primary amides is 1. The molecule has 6 heteroatoms. The van der Waals surface area contributed by atoms with Crippen molar-refractivity contribution in [1.82, 2.24) is 9.78 Å². The van der Waals surface area contributed by atoms with Crippen LogP contribution in [0.15, 0.2) is 36.7 Å². The maximum absolute atomic E-state index is 11.3. The Labute approximate surface area is 105 Å². The van der Waals surface area contributed by atoms with E-state index < -0.39 is 5.91 Å². The summed E-state index contributed by atoms with van der Waals surface area (Å²) in [6.07, 6.45) is 3.59. The summed E-state index contributed by atoms with van der Waals surface area (Å²) >= 11 is 0. The molecule has 18 heavy (non-hydrogen) atoms. The van der Waals surface area contributed by atoms with Crippen molar-refractivity contribution < 1.29 is 4.79 Å². The third-order valence-electron chi connectivity index (χ3n) is 2.52. The molecule has 1 amide bonds. The summed E-state index contributed by atoms with van der Waals surface area (Å²) in [7, 11) is 0. The van der Waals surface area contributed by atoms with Crippen molar-refractivity contribution >= 4 is 17.3 Å². The molecule has 0 saturated heterocycles. The predicted octanol–water partition coefficient (Wildman–Crippen LogP) is 0.676. The molecule has 0 spiro atoms. The monoisotopic (exact) mass is 245 g/mol. The lowest BCUT2D eigenvalue weighted by atomic mass is 10.1. The van der Waals surface area contributed by atoms with E-state index in [-0.39, 0.29) is 0 Å². The first-order valence-corrected chi connectivity index (χ1v) is 5.57. The van der Waals surface area contributed by atoms with Crippen LogP contribution in [0.2, 0.25) is 0 Å². The summed E-state index contributed by atoms with van der Waals surface area (Å²) in [5, 5.41) is 7.23. The second kappa shape index (κ2) is 5.22. The van der Waals surface area contributed by atoms with Crippen LogP contribution in [-0.2, 0) is 6.54 Å². The van der Waals surface area contributed by atoms with Crippen molar-refractivity contribution in [3.63, 3.8) is 0 Å². The highest BCUT2D eigenvalue weighted by molar-refractivity contribution is 5.99. The van der Waals surface area contributed by atoms with Crippen LogP contribution in [0.4, 0.5) is 11.4 Å². The highest BCUT2D eigenvalue weighted by Crippen LogP contribution is 2.18. The molecule has 2 rings (SSSR count). The van der Waals surface area contributed by atoms with Crippen LogP contribution in [0.25, 0.3) is 0 Å². The third kappa shape index (κ3) is 2.79. The quantitative estimate of drug-likeness (QED) is 0.674. The topological polar surface area (TPSA) is 99.0 Å². The first kappa shape index (κ1) is 12.0. The van der Waals surface area contributed by atoms with E-state index in [0.717, 1.165) is 0 Å². The summed E-state index contributed by atoms with van der Waals surface area (Å²) in [4.78, 5) is 11.3. The zero-order valence-corrected chi connectivity index (χ0v) is 9.84. The van der Waals surface area contributed by atoms with E-state index in [1.165, 1.54) is 0 Å². The molecule has 0 radical (unpaired) electrons. The summed E-state index contributed by atoms with van der Waals surface area (Å²) in [6, 6.07) is 6.90. The second-order valence-electron chi connectivity index (χ2n) is 3.87. The van der Waals surface area contributed by atoms with Crippen LogP contribution in [0.5, 0.6) is 0 Å². The number of nitrogens with one attached hydrogen (secondary N) is 1. The number of amides is 1. The first-order valence-electron chi connectivity index (χ1n) is 5.57. The average Bonchev–Trinajstić information content (AvgIpc) is 2.84. The van der Waals surface area contributed by atoms with Gasteiger partial charge < -0.3 is 16.8 Å². The number of aromatic nitrogens is 2. The molecule has 1 aromatic carbocycles. The van der Waals surface area contributed by atoms with E-state index in [4.69, 9.17) is 11.5 Å². The Morgan fingerprint density at radius 1 is 1.44 bits per heavy atom. The van der Waals surface area contributed by atoms with Crippen molar-refractivity contribution in [3.8, 4) is 0 Å². The molecule has 94 valence electrons. The Bertz CT molecular complexity index is 535. The third-order valence-corrected chi connectivity index (χ3v) is 2.52. The number of carbonyl (C=O) groups excluding carboxylic acids is 1. The van der Waals surface area contributed by atoms with Crippen molar-refractivity contribution in [3.05, 3.63) is 42.2 Å². The molecule has 0 aliphatic heterocycles. The average molecular weight is 245 g/mol. The van der Waals surface area contributed by atoms with Gasteiger partial charge in [0.1, 0.15) is 0 Å². The van der Waals surface area contributed by atoms with E-state index in [9.17, 15) is 4.79 Å². The number of benzene rings is 1. The van der Waals surface area contributed by atoms with Gasteiger partial charge in [0.2, 0.25) is 0 Å². The van der Waals surface area contributed by atoms with Gasteiger partial charge in [-0.1, -0.05) is 0 Å². The largest absolute Gasteiger partial charge is 0.399 e. The lowest BCUT2D eigenvalue weighted by Crippen LogP contribution is -2.17. The Kier molecular flexibility index (Phi) is 3.47. The van der Waals surface area contributed by atoms with Gasteiger partial charge in [-0.05, 0) is 24.3 Å². The van der Waals surface area contributed by atoms with E-state index in [1.807, 2.05) is 12.3 Å². The summed E-state index contributed by atoms with van der Waals surface area (Å²) in [5.41, 5.74) is 12.5. The molecule has 6 nitrogen and oxygen atoms in total. The second-order valence-corrected chi connectivity index (χ2v) is 3.87. The van der Waals surface area contributed by atoms with Gasteiger partial charge in [0.15, 0.2) is 0 Å². The summed E-state index contributed by atoms with van der Waals surface area (Å²) in [6.45, 7) is 1.35. The molecule has 1 heterocycles. The van der Waals surface area contributed by atoms with Crippen molar-refractivity contribution in [1.29, 1.82) is 0 Å². The smallest absolute Gasteiger partial charge is 0.250 e. The Hall–Kier alpha value is -2.50. The number of nitrogens with zero attached hydrogens (tertiary/aromatic N) is 2. The van der Waals surface area contributed by atoms with Gasteiger partial charge in [0, 0.05) is 30.3 Å². The fourth-order valence-corrected chi connectivity index (χ4v) is 1.66. The number of nitrogens with two attached hydrogens (primary N) is 2. The first-order chi connectivity index (χ1) is 8.66. The molecule has 0 unspecified atom stereocenters. The lowest BCUT2D eigenvalue weighted by molar-refractivity contribution is 0.100. The Morgan fingerprint density at radius 2 is 2.28 bits per heavy atom. The van der Waals surface area contributed by atoms with Gasteiger partial charge in [-0.2, -0.15) is 5.10 Å². The molecular formula is C12H15N5O. The zero-order chi connectivity index (χ0) is 13.0. The van der Waals surface area contributed by atoms with Crippen molar-refractivity contribution in [2.24, 2.45) is 5.73 Å². The van der Waals surface area contributed by atoms with Crippen LogP contribution >= 0.6 is 0 Å². The summed E-state index contributed by atoms with van der Waals surface area (Å²) < 4.78 is 1.80. The molecule has 2 aromatic rings. The van der Waals surface area contributed by atoms with Gasteiger partial charge in [-0.3, -0.25) is 9.48 Å². The Balaban J connectivity index is 2.02. The van der Waals surface area contributed by atoms with E-state index in [0.29, 0.717) is 30.0 Å². The number of nitrogen functional groups attached to an aromatic ring is 1. The van der Waals surface area contributed by atoms with Crippen LogP contribution in [-0.4, -0.2) is 22.2 Å². The van der Waals surface area contributed by atoms with Gasteiger partial charge in [0.25, 0.3) is 5.91 Å². The lowest BCUT2D eigenvalue weighted by Gasteiger charge is -2.10. The Morgan fingerprint density at radius 3 is 2.94 bits per heavy atom. The predicted molar refractivity (Wildman–Crippen MR) is 70.1 cm³/mol. The van der Waals surface area contributed by atoms with E-state index >= 15 is 0 Å². The fraction of sp³-hybridized carbons (Fsp3) is 0.167. The molecule has 1 aromatic heterocycles. The molecule has 0 saturated carbocycles. The number of rotatable bonds is 5. The van der Waals surface area contributed by atoms with Gasteiger partial charge in [-0.25, -0.2) is 0 Å². The van der Waals surface area contributed by atoms with E-state index in [1.54, 1.807) is 29.1 Å². The minimum absolute atomic E-state index is 0.399. The standard InChI is InChI=1S/C12H15N5O/c13-9-2-3-11(10(8-9)12(14)18)15-5-7-17-6-1-4-16-17/h1-4,6,8,15H,5,7,13H2,(H2,14,18). The maximum Gasteiger partial charge on any atom is 0.250 e. The number of carbonyl (C=O) groups is 1. The van der Waals surface area contributed by atoms with Crippen LogP contribution in [0.1, 0.15) is 10.4 Å². The van der Waals surface area contributed by atoms with Crippen LogP contribution < -0.4 is 16.8 Å². The zero-order valence-electron chi connectivity index (χ0n) is 9.84. The molecule has 0 bridgehead atoms. The SMILES string of the molecule is NC(=O)c1cc(N)ccc1NCCn1cccn1. The molecule has 0 aliphatic rings. The fourth-order valence-electron chi connectivity index (χ4n) is 1.66. The minimum atomic E-state index is -0.496. The summed E-state index contributed by atoms with van der Waals surface area (Å²) in [5.74, 6) is -0.496. The van der Waals surface area contributed by atoms with Gasteiger partial charge in [0.05, 0.1) is 12.1 Å². The van der Waals surface area contributed by atoms with Crippen molar-refractivity contribution in [2.45, 2.75) is 6.54 Å². The van der Waals surface area contributed by atoms with Gasteiger partial charge in [-0.15, -0.1) is 0 Å². The minimum Gasteiger partial charge on any atom is -0.399 e. The number of hydrogen-bond acceptors (Lipinski definition) is 4. The molecular weight excluding hydrogens is 230 g/mol. The number of anilines is 2. The molecule has 0 atom stereocenters. The van der Waals surface area contributed by atoms with E-state index in [2.05, 4.69) is 10.4 Å². The molecule has 0 aliphatic carbocycles. The number of hydrogen-bond donors (Lipinski definition) is 3. The normalized spacial score (nSPS) is 10.2. The van der Waals surface area contributed by atoms with Crippen LogP contribution in [0, 0.1) is 0 Å². The highest BCUT2D eigenvalue weighted by Gasteiger charge is 2.07. The molecule has 5 N–H and O–H groups in total. The van der Waals surface area contributed by atoms with Crippen LogP contribution in [0.3, 0.4) is 0 Å². The van der Waals surface area contributed by atoms with Crippen molar-refractivity contribution in [2.75, 3.05) is 17.6 Å². The molecule has 0 fully saturated rings. The maximum atomic E-state index is 11.3. The highest BCUT2D eigenvalue weighted by atomic mass is 16.1.